The third-order valence-corrected chi connectivity index (χ3v) is 4.42. The van der Waals surface area contributed by atoms with E-state index in [1.165, 1.54) is 23.9 Å². The predicted octanol–water partition coefficient (Wildman–Crippen LogP) is 3.58. The van der Waals surface area contributed by atoms with Gasteiger partial charge >= 0.3 is 0 Å². The molecule has 0 aliphatic carbocycles. The van der Waals surface area contributed by atoms with E-state index in [1.54, 1.807) is 11.3 Å². The van der Waals surface area contributed by atoms with Crippen LogP contribution in [-0.2, 0) is 17.1 Å². The zero-order valence-electron chi connectivity index (χ0n) is 10.6. The second-order valence-electron chi connectivity index (χ2n) is 4.06. The lowest BCUT2D eigenvalue weighted by Crippen LogP contribution is -2.24. The number of carbonyl (C=O) groups is 1. The summed E-state index contributed by atoms with van der Waals surface area (Å²) in [5, 5.41) is 4.73. The molecule has 6 heteroatoms. The van der Waals surface area contributed by atoms with E-state index in [1.807, 2.05) is 17.5 Å². The number of thioether (sulfide) groups is 1. The van der Waals surface area contributed by atoms with Gasteiger partial charge in [-0.1, -0.05) is 18.2 Å². The molecule has 0 aliphatic heterocycles. The molecule has 0 unspecified atom stereocenters. The van der Waals surface area contributed by atoms with Gasteiger partial charge in [0.25, 0.3) is 0 Å². The van der Waals surface area contributed by atoms with E-state index in [9.17, 15) is 13.6 Å². The Kier molecular flexibility index (Phi) is 5.55. The minimum Gasteiger partial charge on any atom is -0.350 e. The van der Waals surface area contributed by atoms with Crippen molar-refractivity contribution in [1.82, 2.24) is 5.32 Å². The van der Waals surface area contributed by atoms with Crippen LogP contribution >= 0.6 is 23.1 Å². The summed E-state index contributed by atoms with van der Waals surface area (Å²) in [5.74, 6) is -1.30. The quantitative estimate of drug-likeness (QED) is 0.883. The van der Waals surface area contributed by atoms with Crippen LogP contribution in [0.5, 0.6) is 0 Å². The molecular formula is C14H13F2NOS2. The molecule has 20 heavy (non-hydrogen) atoms. The smallest absolute Gasteiger partial charge is 0.230 e. The summed E-state index contributed by atoms with van der Waals surface area (Å²) in [5.41, 5.74) is 0.279. The number of nitrogens with one attached hydrogen (secondary N) is 1. The van der Waals surface area contributed by atoms with Crippen LogP contribution in [0.4, 0.5) is 8.78 Å². The monoisotopic (exact) mass is 313 g/mol. The maximum absolute atomic E-state index is 13.4. The Balaban J connectivity index is 1.72. The summed E-state index contributed by atoms with van der Waals surface area (Å²) >= 11 is 2.84. The van der Waals surface area contributed by atoms with Crippen molar-refractivity contribution in [2.75, 3.05) is 5.75 Å². The van der Waals surface area contributed by atoms with Crippen LogP contribution in [0.15, 0.2) is 35.7 Å². The number of benzene rings is 1. The van der Waals surface area contributed by atoms with Crippen LogP contribution in [0.3, 0.4) is 0 Å². The number of thiophene rings is 1. The van der Waals surface area contributed by atoms with Crippen LogP contribution in [0.25, 0.3) is 0 Å². The van der Waals surface area contributed by atoms with Crippen LogP contribution in [0.1, 0.15) is 10.4 Å². The van der Waals surface area contributed by atoms with E-state index in [0.29, 0.717) is 6.54 Å². The highest BCUT2D eigenvalue weighted by Gasteiger charge is 2.08. The summed E-state index contributed by atoms with van der Waals surface area (Å²) in [4.78, 5) is 12.7. The van der Waals surface area contributed by atoms with Gasteiger partial charge in [-0.05, 0) is 17.5 Å². The molecule has 1 N–H and O–H groups in total. The lowest BCUT2D eigenvalue weighted by atomic mass is 10.2. The molecule has 0 spiro atoms. The average Bonchev–Trinajstić information content (AvgIpc) is 2.94. The maximum atomic E-state index is 13.4. The molecule has 0 atom stereocenters. The minimum atomic E-state index is -0.856. The van der Waals surface area contributed by atoms with Gasteiger partial charge in [0.2, 0.25) is 5.91 Å². The van der Waals surface area contributed by atoms with Gasteiger partial charge in [-0.25, -0.2) is 8.78 Å². The first-order valence-electron chi connectivity index (χ1n) is 5.96. The average molecular weight is 313 g/mol. The Morgan fingerprint density at radius 1 is 1.25 bits per heavy atom. The van der Waals surface area contributed by atoms with Gasteiger partial charge in [-0.3, -0.25) is 4.79 Å². The molecular weight excluding hydrogens is 300 g/mol. The molecule has 0 saturated heterocycles. The van der Waals surface area contributed by atoms with Crippen LogP contribution in [-0.4, -0.2) is 11.7 Å². The second-order valence-corrected chi connectivity index (χ2v) is 6.08. The van der Waals surface area contributed by atoms with E-state index < -0.39 is 11.6 Å². The van der Waals surface area contributed by atoms with Crippen molar-refractivity contribution in [3.63, 3.8) is 0 Å². The van der Waals surface area contributed by atoms with E-state index in [-0.39, 0.29) is 23.0 Å². The van der Waals surface area contributed by atoms with Crippen molar-refractivity contribution in [3.05, 3.63) is 57.8 Å². The molecule has 2 aromatic rings. The molecule has 1 amide bonds. The summed E-state index contributed by atoms with van der Waals surface area (Å²) in [6.45, 7) is 0.505. The number of carbonyl (C=O) groups excluding carboxylic acids is 1. The van der Waals surface area contributed by atoms with Crippen molar-refractivity contribution < 1.29 is 13.6 Å². The highest BCUT2D eigenvalue weighted by atomic mass is 32.2. The first kappa shape index (κ1) is 15.0. The zero-order chi connectivity index (χ0) is 14.4. The van der Waals surface area contributed by atoms with Crippen molar-refractivity contribution in [2.24, 2.45) is 0 Å². The largest absolute Gasteiger partial charge is 0.350 e. The van der Waals surface area contributed by atoms with Crippen molar-refractivity contribution in [1.29, 1.82) is 0 Å². The van der Waals surface area contributed by atoms with Gasteiger partial charge < -0.3 is 5.32 Å². The van der Waals surface area contributed by atoms with Gasteiger partial charge in [0.05, 0.1) is 12.3 Å². The summed E-state index contributed by atoms with van der Waals surface area (Å²) in [6.07, 6.45) is 0. The van der Waals surface area contributed by atoms with E-state index in [4.69, 9.17) is 0 Å². The van der Waals surface area contributed by atoms with E-state index in [2.05, 4.69) is 5.32 Å². The normalized spacial score (nSPS) is 10.5. The summed E-state index contributed by atoms with van der Waals surface area (Å²) in [6, 6.07) is 7.94. The van der Waals surface area contributed by atoms with Gasteiger partial charge in [0.1, 0.15) is 0 Å². The van der Waals surface area contributed by atoms with Crippen LogP contribution < -0.4 is 5.32 Å². The van der Waals surface area contributed by atoms with Gasteiger partial charge in [0.15, 0.2) is 11.6 Å². The highest BCUT2D eigenvalue weighted by molar-refractivity contribution is 7.99. The van der Waals surface area contributed by atoms with Gasteiger partial charge in [0, 0.05) is 16.2 Å². The Morgan fingerprint density at radius 3 is 2.85 bits per heavy atom. The lowest BCUT2D eigenvalue weighted by Gasteiger charge is -2.05. The predicted molar refractivity (Wildman–Crippen MR) is 78.7 cm³/mol. The Hall–Kier alpha value is -1.40. The zero-order valence-corrected chi connectivity index (χ0v) is 12.2. The first-order valence-corrected chi connectivity index (χ1v) is 8.00. The number of rotatable bonds is 6. The van der Waals surface area contributed by atoms with Crippen molar-refractivity contribution in [3.8, 4) is 0 Å². The number of halogens is 2. The minimum absolute atomic E-state index is 0.111. The summed E-state index contributed by atoms with van der Waals surface area (Å²) < 4.78 is 26.4. The fourth-order valence-corrected chi connectivity index (χ4v) is 3.04. The van der Waals surface area contributed by atoms with Crippen LogP contribution in [0, 0.1) is 11.6 Å². The molecule has 0 bridgehead atoms. The molecule has 1 heterocycles. The topological polar surface area (TPSA) is 29.1 Å². The van der Waals surface area contributed by atoms with Gasteiger partial charge in [-0.15, -0.1) is 23.1 Å². The Labute approximate surface area is 124 Å². The summed E-state index contributed by atoms with van der Waals surface area (Å²) in [7, 11) is 0. The molecule has 0 fully saturated rings. The van der Waals surface area contributed by atoms with Crippen molar-refractivity contribution in [2.45, 2.75) is 12.3 Å². The third kappa shape index (κ3) is 4.31. The lowest BCUT2D eigenvalue weighted by molar-refractivity contribution is -0.118. The van der Waals surface area contributed by atoms with Crippen LogP contribution in [0.2, 0.25) is 0 Å². The highest BCUT2D eigenvalue weighted by Crippen LogP contribution is 2.17. The number of hydrogen-bond acceptors (Lipinski definition) is 3. The van der Waals surface area contributed by atoms with Crippen molar-refractivity contribution >= 4 is 29.0 Å². The molecule has 1 aromatic heterocycles. The van der Waals surface area contributed by atoms with Gasteiger partial charge in [-0.2, -0.15) is 0 Å². The van der Waals surface area contributed by atoms with E-state index in [0.717, 1.165) is 10.9 Å². The number of amides is 1. The Bertz CT molecular complexity index is 573. The molecule has 106 valence electrons. The van der Waals surface area contributed by atoms with E-state index >= 15 is 0 Å². The molecule has 2 rings (SSSR count). The molecule has 0 aliphatic rings. The molecule has 0 saturated carbocycles. The number of hydrogen-bond donors (Lipinski definition) is 1. The third-order valence-electron chi connectivity index (χ3n) is 2.56. The fraction of sp³-hybridized carbons (Fsp3) is 0.214. The maximum Gasteiger partial charge on any atom is 0.230 e. The Morgan fingerprint density at radius 2 is 2.10 bits per heavy atom. The second kappa shape index (κ2) is 7.40. The first-order chi connectivity index (χ1) is 9.66. The molecule has 2 nitrogen and oxygen atoms in total. The SMILES string of the molecule is O=C(CSCc1cccc(F)c1F)NCc1cccs1. The standard InChI is InChI=1S/C14H13F2NOS2/c15-12-5-1-3-10(14(12)16)8-19-9-13(18)17-7-11-4-2-6-20-11/h1-6H,7-9H2,(H,17,18). The fourth-order valence-electron chi connectivity index (χ4n) is 1.56. The molecule has 0 radical (unpaired) electrons. The molecule has 1 aromatic carbocycles.